The van der Waals surface area contributed by atoms with Crippen LogP contribution in [-0.4, -0.2) is 29.1 Å². The Hall–Kier alpha value is -3.00. The molecule has 172 valence electrons. The normalized spacial score (nSPS) is 12.5. The van der Waals surface area contributed by atoms with E-state index in [2.05, 4.69) is 15.3 Å². The van der Waals surface area contributed by atoms with Crippen LogP contribution in [0.15, 0.2) is 53.6 Å². The van der Waals surface area contributed by atoms with Crippen LogP contribution in [0.1, 0.15) is 49.4 Å². The van der Waals surface area contributed by atoms with Crippen molar-refractivity contribution in [2.75, 3.05) is 13.2 Å². The molecule has 0 saturated carbocycles. The lowest BCUT2D eigenvalue weighted by atomic mass is 9.94. The molecule has 0 aliphatic rings. The van der Waals surface area contributed by atoms with E-state index >= 15 is 0 Å². The van der Waals surface area contributed by atoms with Crippen molar-refractivity contribution >= 4 is 25.3 Å². The minimum Gasteiger partial charge on any atom is -0.405 e. The molecule has 1 amide bonds. The predicted octanol–water partition coefficient (Wildman–Crippen LogP) is 2.22. The molecule has 0 saturated heterocycles. The first-order valence-electron chi connectivity index (χ1n) is 10.2. The van der Waals surface area contributed by atoms with Crippen LogP contribution in [-0.2, 0) is 14.6 Å². The number of aromatic nitrogens is 2. The van der Waals surface area contributed by atoms with Crippen molar-refractivity contribution in [3.8, 4) is 0 Å². The molecule has 9 nitrogen and oxygen atoms in total. The Morgan fingerprint density at radius 3 is 2.38 bits per heavy atom. The van der Waals surface area contributed by atoms with Crippen LogP contribution >= 0.6 is 8.38 Å². The summed E-state index contributed by atoms with van der Waals surface area (Å²) in [5.41, 5.74) is 10.7. The van der Waals surface area contributed by atoms with Crippen LogP contribution in [0.5, 0.6) is 0 Å². The number of nitrogens with two attached hydrogens (primary N) is 2. The minimum absolute atomic E-state index is 0.114. The van der Waals surface area contributed by atoms with Gasteiger partial charge in [-0.3, -0.25) is 9.59 Å². The maximum absolute atomic E-state index is 12.8. The molecular weight excluding hydrogens is 429 g/mol. The van der Waals surface area contributed by atoms with E-state index in [1.54, 1.807) is 0 Å². The van der Waals surface area contributed by atoms with Gasteiger partial charge in [0.25, 0.3) is 11.5 Å². The lowest BCUT2D eigenvalue weighted by Gasteiger charge is -2.27. The van der Waals surface area contributed by atoms with E-state index in [1.165, 1.54) is 24.5 Å². The first-order valence-corrected chi connectivity index (χ1v) is 11.3. The van der Waals surface area contributed by atoms with Crippen molar-refractivity contribution in [2.24, 2.45) is 11.5 Å². The van der Waals surface area contributed by atoms with E-state index in [0.29, 0.717) is 13.2 Å². The molecular formula is C22H30N5O4P. The van der Waals surface area contributed by atoms with E-state index in [9.17, 15) is 9.59 Å². The first kappa shape index (κ1) is 25.3. The highest BCUT2D eigenvalue weighted by atomic mass is 31.2. The molecule has 0 bridgehead atoms. The third kappa shape index (κ3) is 6.50. The maximum atomic E-state index is 12.8. The van der Waals surface area contributed by atoms with Gasteiger partial charge < -0.3 is 30.8 Å². The smallest absolute Gasteiger partial charge is 0.264 e. The average Bonchev–Trinajstić information content (AvgIpc) is 2.77. The Kier molecular flexibility index (Phi) is 9.13. The number of rotatable bonds is 10. The summed E-state index contributed by atoms with van der Waals surface area (Å²) >= 11 is 0. The summed E-state index contributed by atoms with van der Waals surface area (Å²) in [6.07, 6.45) is 5.51. The molecule has 2 aromatic rings. The van der Waals surface area contributed by atoms with Crippen LogP contribution in [0.2, 0.25) is 0 Å². The van der Waals surface area contributed by atoms with E-state index in [1.807, 2.05) is 52.0 Å². The molecule has 6 N–H and O–H groups in total. The van der Waals surface area contributed by atoms with Crippen LogP contribution < -0.4 is 27.6 Å². The number of H-pyrrole nitrogens is 1. The number of aromatic amines is 1. The van der Waals surface area contributed by atoms with Gasteiger partial charge in [0.2, 0.25) is 8.38 Å². The molecule has 0 aliphatic carbocycles. The van der Waals surface area contributed by atoms with Gasteiger partial charge in [-0.05, 0) is 63.7 Å². The van der Waals surface area contributed by atoms with E-state index < -0.39 is 25.4 Å². The number of hydrogen-bond donors (Lipinski definition) is 4. The molecule has 0 unspecified atom stereocenters. The van der Waals surface area contributed by atoms with Crippen molar-refractivity contribution in [2.45, 2.75) is 33.2 Å². The van der Waals surface area contributed by atoms with Gasteiger partial charge >= 0.3 is 0 Å². The fourth-order valence-electron chi connectivity index (χ4n) is 2.79. The molecule has 32 heavy (non-hydrogen) atoms. The zero-order valence-electron chi connectivity index (χ0n) is 18.7. The second-order valence-electron chi connectivity index (χ2n) is 7.20. The van der Waals surface area contributed by atoms with Crippen LogP contribution in [0.3, 0.4) is 0 Å². The topological polar surface area (TPSA) is 145 Å². The summed E-state index contributed by atoms with van der Waals surface area (Å²) in [6.45, 7) is 8.66. The lowest BCUT2D eigenvalue weighted by molar-refractivity contribution is 0.0910. The zero-order chi connectivity index (χ0) is 23.7. The van der Waals surface area contributed by atoms with Crippen LogP contribution in [0.4, 0.5) is 0 Å². The largest absolute Gasteiger partial charge is 0.405 e. The van der Waals surface area contributed by atoms with Gasteiger partial charge in [0.1, 0.15) is 5.56 Å². The molecule has 0 fully saturated rings. The third-order valence-corrected chi connectivity index (χ3v) is 6.13. The molecule has 1 aromatic heterocycles. The molecule has 1 heterocycles. The number of benzene rings is 1. The van der Waals surface area contributed by atoms with Crippen molar-refractivity contribution in [3.63, 3.8) is 0 Å². The number of amides is 1. The Balaban J connectivity index is 2.19. The van der Waals surface area contributed by atoms with Crippen molar-refractivity contribution in [3.05, 3.63) is 76.1 Å². The monoisotopic (exact) mass is 459 g/mol. The van der Waals surface area contributed by atoms with Crippen LogP contribution in [0.25, 0.3) is 5.70 Å². The molecule has 0 atom stereocenters. The number of nitrogens with zero attached hydrogens (tertiary/aromatic N) is 1. The van der Waals surface area contributed by atoms with Crippen molar-refractivity contribution < 1.29 is 13.8 Å². The summed E-state index contributed by atoms with van der Waals surface area (Å²) in [7, 11) is -1.14. The highest BCUT2D eigenvalue weighted by Crippen LogP contribution is 2.37. The Morgan fingerprint density at radius 2 is 1.84 bits per heavy atom. The number of carbonyl (C=O) groups excluding carboxylic acids is 1. The average molecular weight is 459 g/mol. The lowest BCUT2D eigenvalue weighted by Crippen LogP contribution is -2.43. The van der Waals surface area contributed by atoms with Gasteiger partial charge in [0.05, 0.1) is 24.4 Å². The summed E-state index contributed by atoms with van der Waals surface area (Å²) in [4.78, 5) is 31.8. The molecule has 2 rings (SSSR count). The van der Waals surface area contributed by atoms with Crippen LogP contribution in [0, 0.1) is 0 Å². The molecule has 1 aromatic carbocycles. The Morgan fingerprint density at radius 1 is 1.22 bits per heavy atom. The van der Waals surface area contributed by atoms with Gasteiger partial charge in [-0.25, -0.2) is 4.98 Å². The van der Waals surface area contributed by atoms with Gasteiger partial charge in [-0.15, -0.1) is 0 Å². The quantitative estimate of drug-likeness (QED) is 0.315. The number of nitrogens with one attached hydrogen (secondary N) is 2. The predicted molar refractivity (Wildman–Crippen MR) is 127 cm³/mol. The SMILES string of the molecule is CCOP(OCC)c1ccc(C(C)(C)NC(=O)c2cnc(/C(N)=C/C=C\N)[nH]c2=O)cc1. The van der Waals surface area contributed by atoms with Gasteiger partial charge in [0, 0.05) is 11.5 Å². The van der Waals surface area contributed by atoms with E-state index in [-0.39, 0.29) is 17.1 Å². The van der Waals surface area contributed by atoms with E-state index in [4.69, 9.17) is 20.5 Å². The maximum Gasteiger partial charge on any atom is 0.264 e. The highest BCUT2D eigenvalue weighted by molar-refractivity contribution is 7.56. The second-order valence-corrected chi connectivity index (χ2v) is 8.75. The zero-order valence-corrected chi connectivity index (χ0v) is 19.6. The number of carbonyl (C=O) groups is 1. The standard InChI is InChI=1S/C22H30N5O4P/c1-5-30-32(31-6-2)16-11-9-15(10-12-16)22(3,4)27-21(29)17-14-25-19(26-20(17)28)18(24)8-7-13-23/h7-14H,5-6,23-24H2,1-4H3,(H,27,29)(H,25,26,28)/b13-7-,18-8-. The van der Waals surface area contributed by atoms with Gasteiger partial charge in [-0.2, -0.15) is 0 Å². The highest BCUT2D eigenvalue weighted by Gasteiger charge is 2.26. The fourth-order valence-corrected chi connectivity index (χ4v) is 4.02. The van der Waals surface area contributed by atoms with E-state index in [0.717, 1.165) is 10.9 Å². The van der Waals surface area contributed by atoms with Gasteiger partial charge in [-0.1, -0.05) is 12.1 Å². The molecule has 0 spiro atoms. The van der Waals surface area contributed by atoms with Crippen molar-refractivity contribution in [1.82, 2.24) is 15.3 Å². The third-order valence-electron chi connectivity index (χ3n) is 4.42. The second kappa shape index (κ2) is 11.6. The Bertz CT molecular complexity index is 1030. The summed E-state index contributed by atoms with van der Waals surface area (Å²) < 4.78 is 11.4. The first-order chi connectivity index (χ1) is 15.2. The molecule has 10 heteroatoms. The summed E-state index contributed by atoms with van der Waals surface area (Å²) in [6, 6.07) is 7.67. The number of hydrogen-bond acceptors (Lipinski definition) is 7. The Labute approximate surface area is 188 Å². The summed E-state index contributed by atoms with van der Waals surface area (Å²) in [5, 5.41) is 3.83. The van der Waals surface area contributed by atoms with Gasteiger partial charge in [0.15, 0.2) is 5.82 Å². The minimum atomic E-state index is -1.14. The summed E-state index contributed by atoms with van der Waals surface area (Å²) in [5.74, 6) is -0.394. The van der Waals surface area contributed by atoms with Crippen molar-refractivity contribution in [1.29, 1.82) is 0 Å². The molecule has 0 radical (unpaired) electrons. The number of allylic oxidation sites excluding steroid dienone is 2. The molecule has 0 aliphatic heterocycles. The fraction of sp³-hybridized carbons (Fsp3) is 0.318.